The zero-order valence-electron chi connectivity index (χ0n) is 10.1. The van der Waals surface area contributed by atoms with E-state index in [-0.39, 0.29) is 11.7 Å². The van der Waals surface area contributed by atoms with Crippen molar-refractivity contribution in [3.05, 3.63) is 0 Å². The fourth-order valence-corrected chi connectivity index (χ4v) is 1.26. The van der Waals surface area contributed by atoms with E-state index < -0.39 is 0 Å². The smallest absolute Gasteiger partial charge is 0.0599 e. The van der Waals surface area contributed by atoms with Gasteiger partial charge in [-0.1, -0.05) is 0 Å². The third-order valence-electron chi connectivity index (χ3n) is 1.82. The molecule has 0 saturated carbocycles. The van der Waals surface area contributed by atoms with Gasteiger partial charge in [0.05, 0.1) is 18.3 Å². The molecule has 0 heterocycles. The maximum absolute atomic E-state index is 9.14. The van der Waals surface area contributed by atoms with Gasteiger partial charge in [-0.2, -0.15) is 0 Å². The van der Waals surface area contributed by atoms with Gasteiger partial charge in [0.15, 0.2) is 0 Å². The molecule has 0 spiro atoms. The van der Waals surface area contributed by atoms with Crippen molar-refractivity contribution in [1.29, 1.82) is 0 Å². The summed E-state index contributed by atoms with van der Waals surface area (Å²) in [6.45, 7) is 11.6. The summed E-state index contributed by atoms with van der Waals surface area (Å²) >= 11 is 0. The second-order valence-corrected chi connectivity index (χ2v) is 4.90. The molecule has 0 aromatic heterocycles. The van der Waals surface area contributed by atoms with Crippen LogP contribution in [0.5, 0.6) is 0 Å². The predicted octanol–water partition coefficient (Wildman–Crippen LogP) is 1.55. The molecule has 3 nitrogen and oxygen atoms in total. The van der Waals surface area contributed by atoms with Gasteiger partial charge in [0.25, 0.3) is 0 Å². The highest BCUT2D eigenvalue weighted by atomic mass is 16.5. The van der Waals surface area contributed by atoms with Gasteiger partial charge in [-0.15, -0.1) is 0 Å². The van der Waals surface area contributed by atoms with Gasteiger partial charge >= 0.3 is 0 Å². The summed E-state index contributed by atoms with van der Waals surface area (Å²) in [6.07, 6.45) is 0.552. The van der Waals surface area contributed by atoms with Gasteiger partial charge < -0.3 is 15.2 Å². The summed E-state index contributed by atoms with van der Waals surface area (Å²) in [5, 5.41) is 12.4. The first kappa shape index (κ1) is 13.9. The number of aliphatic hydroxyl groups is 1. The quantitative estimate of drug-likeness (QED) is 0.644. The summed E-state index contributed by atoms with van der Waals surface area (Å²) in [5.41, 5.74) is -0.0603. The van der Waals surface area contributed by atoms with Gasteiger partial charge in [0.2, 0.25) is 0 Å². The van der Waals surface area contributed by atoms with Crippen LogP contribution in [0.25, 0.3) is 0 Å². The van der Waals surface area contributed by atoms with Crippen LogP contribution in [0.3, 0.4) is 0 Å². The Morgan fingerprint density at radius 3 is 2.29 bits per heavy atom. The summed E-state index contributed by atoms with van der Waals surface area (Å²) < 4.78 is 5.56. The highest BCUT2D eigenvalue weighted by molar-refractivity contribution is 4.64. The van der Waals surface area contributed by atoms with E-state index in [0.29, 0.717) is 12.6 Å². The Hall–Kier alpha value is -0.120. The Labute approximate surface area is 87.8 Å². The van der Waals surface area contributed by atoms with E-state index in [1.807, 2.05) is 27.7 Å². The number of hydrogen-bond acceptors (Lipinski definition) is 3. The molecule has 0 aliphatic carbocycles. The van der Waals surface area contributed by atoms with Crippen LogP contribution in [-0.4, -0.2) is 36.0 Å². The summed E-state index contributed by atoms with van der Waals surface area (Å²) in [6, 6.07) is 0.346. The lowest BCUT2D eigenvalue weighted by atomic mass is 10.1. The molecule has 2 unspecified atom stereocenters. The predicted molar refractivity (Wildman–Crippen MR) is 59.5 cm³/mol. The molecule has 2 N–H and O–H groups in total. The summed E-state index contributed by atoms with van der Waals surface area (Å²) in [7, 11) is 0. The van der Waals surface area contributed by atoms with E-state index in [2.05, 4.69) is 12.2 Å². The van der Waals surface area contributed by atoms with Gasteiger partial charge in [-0.25, -0.2) is 0 Å². The first-order valence-electron chi connectivity index (χ1n) is 5.36. The molecule has 0 fully saturated rings. The molecule has 0 aliphatic heterocycles. The normalized spacial score (nSPS) is 16.7. The van der Waals surface area contributed by atoms with E-state index in [1.165, 1.54) is 0 Å². The molecule has 86 valence electrons. The summed E-state index contributed by atoms with van der Waals surface area (Å²) in [4.78, 5) is 0. The van der Waals surface area contributed by atoms with Crippen LogP contribution in [0.4, 0.5) is 0 Å². The highest BCUT2D eigenvalue weighted by Crippen LogP contribution is 2.05. The molecule has 14 heavy (non-hydrogen) atoms. The fourth-order valence-electron chi connectivity index (χ4n) is 1.26. The van der Waals surface area contributed by atoms with Crippen LogP contribution < -0.4 is 5.32 Å². The molecule has 0 bridgehead atoms. The van der Waals surface area contributed by atoms with E-state index in [0.717, 1.165) is 13.0 Å². The Morgan fingerprint density at radius 1 is 1.29 bits per heavy atom. The number of aliphatic hydroxyl groups excluding tert-OH is 1. The minimum absolute atomic E-state index is 0.0603. The third-order valence-corrected chi connectivity index (χ3v) is 1.82. The van der Waals surface area contributed by atoms with Crippen molar-refractivity contribution < 1.29 is 9.84 Å². The lowest BCUT2D eigenvalue weighted by Crippen LogP contribution is -2.33. The van der Waals surface area contributed by atoms with Gasteiger partial charge in [-0.05, 0) is 41.0 Å². The minimum atomic E-state index is -0.235. The highest BCUT2D eigenvalue weighted by Gasteiger charge is 2.10. The molecule has 3 heteroatoms. The van der Waals surface area contributed by atoms with Crippen LogP contribution in [0, 0.1) is 0 Å². The van der Waals surface area contributed by atoms with Crippen LogP contribution in [-0.2, 0) is 4.74 Å². The van der Waals surface area contributed by atoms with Crippen LogP contribution in [0.1, 0.15) is 41.0 Å². The molecule has 0 amide bonds. The van der Waals surface area contributed by atoms with E-state index in [9.17, 15) is 0 Å². The third kappa shape index (κ3) is 9.96. The molecule has 0 radical (unpaired) electrons. The topological polar surface area (TPSA) is 41.5 Å². The zero-order valence-corrected chi connectivity index (χ0v) is 10.1. The maximum Gasteiger partial charge on any atom is 0.0599 e. The van der Waals surface area contributed by atoms with Crippen molar-refractivity contribution in [2.75, 3.05) is 13.2 Å². The average Bonchev–Trinajstić information content (AvgIpc) is 1.95. The molecule has 2 atom stereocenters. The molecule has 0 aliphatic rings. The Morgan fingerprint density at radius 2 is 1.86 bits per heavy atom. The molecule has 0 aromatic rings. The van der Waals surface area contributed by atoms with Crippen molar-refractivity contribution in [2.45, 2.75) is 58.8 Å². The van der Waals surface area contributed by atoms with Gasteiger partial charge in [-0.3, -0.25) is 0 Å². The molecular formula is C11H25NO2. The number of hydrogen-bond donors (Lipinski definition) is 2. The molecule has 0 rings (SSSR count). The first-order chi connectivity index (χ1) is 6.31. The fraction of sp³-hybridized carbons (Fsp3) is 1.00. The average molecular weight is 203 g/mol. The minimum Gasteiger partial charge on any atom is -0.393 e. The standard InChI is InChI=1S/C11H25NO2/c1-9(8-10(2)13)12-6-7-14-11(3,4)5/h9-10,12-13H,6-8H2,1-5H3. The Bertz CT molecular complexity index is 141. The van der Waals surface area contributed by atoms with E-state index in [1.54, 1.807) is 0 Å². The number of ether oxygens (including phenoxy) is 1. The SMILES string of the molecule is CC(O)CC(C)NCCOC(C)(C)C. The summed E-state index contributed by atoms with van der Waals surface area (Å²) in [5.74, 6) is 0. The van der Waals surface area contributed by atoms with Crippen LogP contribution >= 0.6 is 0 Å². The molecule has 0 saturated heterocycles. The van der Waals surface area contributed by atoms with Crippen molar-refractivity contribution >= 4 is 0 Å². The Kier molecular flexibility index (Phi) is 6.33. The number of nitrogens with one attached hydrogen (secondary N) is 1. The molecular weight excluding hydrogens is 178 g/mol. The Balaban J connectivity index is 3.36. The lowest BCUT2D eigenvalue weighted by Gasteiger charge is -2.21. The van der Waals surface area contributed by atoms with Crippen LogP contribution in [0.15, 0.2) is 0 Å². The zero-order chi connectivity index (χ0) is 11.2. The van der Waals surface area contributed by atoms with Crippen LogP contribution in [0.2, 0.25) is 0 Å². The first-order valence-corrected chi connectivity index (χ1v) is 5.36. The van der Waals surface area contributed by atoms with E-state index in [4.69, 9.17) is 9.84 Å². The second-order valence-electron chi connectivity index (χ2n) is 4.90. The second kappa shape index (κ2) is 6.38. The van der Waals surface area contributed by atoms with Crippen molar-refractivity contribution in [1.82, 2.24) is 5.32 Å². The monoisotopic (exact) mass is 203 g/mol. The lowest BCUT2D eigenvalue weighted by molar-refractivity contribution is -0.00192. The van der Waals surface area contributed by atoms with Crippen molar-refractivity contribution in [2.24, 2.45) is 0 Å². The van der Waals surface area contributed by atoms with Gasteiger partial charge in [0, 0.05) is 12.6 Å². The number of rotatable bonds is 6. The largest absolute Gasteiger partial charge is 0.393 e. The van der Waals surface area contributed by atoms with Gasteiger partial charge in [0.1, 0.15) is 0 Å². The maximum atomic E-state index is 9.14. The van der Waals surface area contributed by atoms with Crippen molar-refractivity contribution in [3.63, 3.8) is 0 Å². The van der Waals surface area contributed by atoms with E-state index >= 15 is 0 Å². The molecule has 0 aromatic carbocycles. The van der Waals surface area contributed by atoms with Crippen molar-refractivity contribution in [3.8, 4) is 0 Å².